The summed E-state index contributed by atoms with van der Waals surface area (Å²) < 4.78 is 29.0. The monoisotopic (exact) mass is 336 g/mol. The molecule has 1 aromatic carbocycles. The molecule has 0 N–H and O–H groups in total. The van der Waals surface area contributed by atoms with Crippen molar-refractivity contribution in [1.29, 1.82) is 0 Å². The van der Waals surface area contributed by atoms with E-state index in [9.17, 15) is 13.2 Å². The van der Waals surface area contributed by atoms with Crippen LogP contribution in [0.5, 0.6) is 0 Å². The number of benzene rings is 1. The molecule has 7 heteroatoms. The largest absolute Gasteiger partial charge is 0.361 e. The summed E-state index contributed by atoms with van der Waals surface area (Å²) in [6.45, 7) is 5.29. The number of likely N-dealkylation sites (N-methyl/N-ethyl adjacent to an activating group) is 1. The molecule has 0 spiro atoms. The lowest BCUT2D eigenvalue weighted by molar-refractivity contribution is -0.119. The first-order chi connectivity index (χ1) is 10.6. The van der Waals surface area contributed by atoms with E-state index in [0.29, 0.717) is 17.1 Å². The number of nitrogens with zero attached hydrogens (tertiary/aromatic N) is 2. The van der Waals surface area contributed by atoms with E-state index >= 15 is 0 Å². The van der Waals surface area contributed by atoms with E-state index < -0.39 is 15.8 Å². The van der Waals surface area contributed by atoms with Gasteiger partial charge in [-0.1, -0.05) is 17.3 Å². The average Bonchev–Trinajstić information content (AvgIpc) is 2.83. The number of aromatic nitrogens is 1. The fourth-order valence-electron chi connectivity index (χ4n) is 2.69. The van der Waals surface area contributed by atoms with E-state index in [1.54, 1.807) is 46.0 Å². The lowest BCUT2D eigenvalue weighted by Gasteiger charge is -2.23. The minimum Gasteiger partial charge on any atom is -0.361 e. The standard InChI is InChI=1S/C16H20N2O4S/c1-10(15-11(2)17-22-12(15)3)16(19)18(4)13-8-6-7-9-14(13)23(5,20)21/h6-10H,1-5H3. The van der Waals surface area contributed by atoms with Crippen LogP contribution in [-0.4, -0.2) is 32.8 Å². The molecule has 2 aromatic rings. The summed E-state index contributed by atoms with van der Waals surface area (Å²) in [4.78, 5) is 14.3. The number of carbonyl (C=O) groups excluding carboxylic acids is 1. The van der Waals surface area contributed by atoms with Crippen LogP contribution in [-0.2, 0) is 14.6 Å². The highest BCUT2D eigenvalue weighted by Gasteiger charge is 2.28. The zero-order valence-electron chi connectivity index (χ0n) is 13.8. The van der Waals surface area contributed by atoms with Gasteiger partial charge >= 0.3 is 0 Å². The molecule has 0 saturated heterocycles. The Morgan fingerprint density at radius 3 is 2.39 bits per heavy atom. The molecule has 1 unspecified atom stereocenters. The van der Waals surface area contributed by atoms with Gasteiger partial charge in [0.1, 0.15) is 5.76 Å². The fourth-order valence-corrected chi connectivity index (χ4v) is 3.60. The number of amides is 1. The van der Waals surface area contributed by atoms with Crippen molar-refractivity contribution in [3.8, 4) is 0 Å². The van der Waals surface area contributed by atoms with E-state index in [2.05, 4.69) is 5.16 Å². The fraction of sp³-hybridized carbons (Fsp3) is 0.375. The molecular weight excluding hydrogens is 316 g/mol. The molecule has 124 valence electrons. The number of anilines is 1. The summed E-state index contributed by atoms with van der Waals surface area (Å²) in [7, 11) is -1.86. The van der Waals surface area contributed by atoms with Crippen LogP contribution in [0.15, 0.2) is 33.7 Å². The predicted octanol–water partition coefficient (Wildman–Crippen LogP) is 2.46. The second kappa shape index (κ2) is 6.16. The van der Waals surface area contributed by atoms with E-state index in [0.717, 1.165) is 11.8 Å². The molecule has 0 saturated carbocycles. The highest BCUT2D eigenvalue weighted by atomic mass is 32.2. The Morgan fingerprint density at radius 2 is 1.87 bits per heavy atom. The second-order valence-electron chi connectivity index (χ2n) is 5.60. The van der Waals surface area contributed by atoms with Gasteiger partial charge in [-0.15, -0.1) is 0 Å². The van der Waals surface area contributed by atoms with Crippen LogP contribution in [0.1, 0.15) is 29.9 Å². The summed E-state index contributed by atoms with van der Waals surface area (Å²) in [6.07, 6.45) is 1.13. The molecule has 1 aromatic heterocycles. The Labute approximate surface area is 136 Å². The molecule has 23 heavy (non-hydrogen) atoms. The molecule has 0 aliphatic carbocycles. The van der Waals surface area contributed by atoms with Gasteiger partial charge in [0.2, 0.25) is 5.91 Å². The van der Waals surface area contributed by atoms with Gasteiger partial charge in [-0.25, -0.2) is 8.42 Å². The van der Waals surface area contributed by atoms with Crippen molar-refractivity contribution in [1.82, 2.24) is 5.16 Å². The Kier molecular flexibility index (Phi) is 4.61. The maximum atomic E-state index is 12.8. The van der Waals surface area contributed by atoms with Gasteiger partial charge in [0.25, 0.3) is 0 Å². The van der Waals surface area contributed by atoms with Crippen molar-refractivity contribution in [2.75, 3.05) is 18.2 Å². The number of para-hydroxylation sites is 1. The van der Waals surface area contributed by atoms with Gasteiger partial charge < -0.3 is 9.42 Å². The van der Waals surface area contributed by atoms with Gasteiger partial charge in [0, 0.05) is 18.9 Å². The molecule has 0 aliphatic heterocycles. The quantitative estimate of drug-likeness (QED) is 0.857. The first-order valence-corrected chi connectivity index (χ1v) is 9.03. The smallest absolute Gasteiger partial charge is 0.234 e. The molecule has 1 amide bonds. The Morgan fingerprint density at radius 1 is 1.26 bits per heavy atom. The zero-order chi connectivity index (χ0) is 17.4. The normalized spacial score (nSPS) is 12.9. The first kappa shape index (κ1) is 17.2. The van der Waals surface area contributed by atoms with E-state index in [1.165, 1.54) is 11.0 Å². The lowest BCUT2D eigenvalue weighted by Crippen LogP contribution is -2.32. The Balaban J connectivity index is 2.42. The third-order valence-electron chi connectivity index (χ3n) is 3.85. The van der Waals surface area contributed by atoms with Crippen LogP contribution in [0.3, 0.4) is 0 Å². The van der Waals surface area contributed by atoms with Crippen molar-refractivity contribution in [2.45, 2.75) is 31.6 Å². The maximum absolute atomic E-state index is 12.8. The molecular formula is C16H20N2O4S. The van der Waals surface area contributed by atoms with Gasteiger partial charge in [-0.3, -0.25) is 4.79 Å². The van der Waals surface area contributed by atoms with E-state index in [4.69, 9.17) is 4.52 Å². The molecule has 0 fully saturated rings. The summed E-state index contributed by atoms with van der Waals surface area (Å²) in [6, 6.07) is 6.45. The number of rotatable bonds is 4. The topological polar surface area (TPSA) is 80.5 Å². The van der Waals surface area contributed by atoms with Gasteiger partial charge in [0.05, 0.1) is 22.2 Å². The molecule has 1 atom stereocenters. The summed E-state index contributed by atoms with van der Waals surface area (Å²) in [5.41, 5.74) is 1.76. The molecule has 6 nitrogen and oxygen atoms in total. The zero-order valence-corrected chi connectivity index (χ0v) is 14.6. The molecule has 0 bridgehead atoms. The van der Waals surface area contributed by atoms with Crippen molar-refractivity contribution in [3.63, 3.8) is 0 Å². The highest BCUT2D eigenvalue weighted by Crippen LogP contribution is 2.29. The summed E-state index contributed by atoms with van der Waals surface area (Å²) >= 11 is 0. The second-order valence-corrected chi connectivity index (χ2v) is 7.58. The number of sulfone groups is 1. The van der Waals surface area contributed by atoms with E-state index in [-0.39, 0.29) is 10.8 Å². The first-order valence-electron chi connectivity index (χ1n) is 7.14. The van der Waals surface area contributed by atoms with Crippen molar-refractivity contribution >= 4 is 21.4 Å². The SMILES string of the molecule is Cc1noc(C)c1C(C)C(=O)N(C)c1ccccc1S(C)(=O)=O. The molecule has 1 heterocycles. The lowest BCUT2D eigenvalue weighted by atomic mass is 9.98. The number of hydrogen-bond acceptors (Lipinski definition) is 5. The van der Waals surface area contributed by atoms with Crippen molar-refractivity contribution in [2.24, 2.45) is 0 Å². The van der Waals surface area contributed by atoms with Crippen LogP contribution in [0.4, 0.5) is 5.69 Å². The van der Waals surface area contributed by atoms with Gasteiger partial charge in [-0.05, 0) is 32.9 Å². The van der Waals surface area contributed by atoms with Crippen LogP contribution >= 0.6 is 0 Å². The summed E-state index contributed by atoms with van der Waals surface area (Å²) in [5.74, 6) is -0.123. The molecule has 2 rings (SSSR count). The molecule has 0 radical (unpaired) electrons. The highest BCUT2D eigenvalue weighted by molar-refractivity contribution is 7.90. The minimum atomic E-state index is -3.43. The van der Waals surface area contributed by atoms with Gasteiger partial charge in [0.15, 0.2) is 9.84 Å². The van der Waals surface area contributed by atoms with Gasteiger partial charge in [-0.2, -0.15) is 0 Å². The third-order valence-corrected chi connectivity index (χ3v) is 4.99. The van der Waals surface area contributed by atoms with Crippen molar-refractivity contribution in [3.05, 3.63) is 41.3 Å². The molecule has 0 aliphatic rings. The maximum Gasteiger partial charge on any atom is 0.234 e. The summed E-state index contributed by atoms with van der Waals surface area (Å²) in [5, 5.41) is 3.87. The average molecular weight is 336 g/mol. The van der Waals surface area contributed by atoms with Crippen LogP contribution in [0.2, 0.25) is 0 Å². The Hall–Kier alpha value is -2.15. The minimum absolute atomic E-state index is 0.127. The predicted molar refractivity (Wildman–Crippen MR) is 87.4 cm³/mol. The number of hydrogen-bond donors (Lipinski definition) is 0. The van der Waals surface area contributed by atoms with E-state index in [1.807, 2.05) is 0 Å². The van der Waals surface area contributed by atoms with Crippen LogP contribution in [0, 0.1) is 13.8 Å². The van der Waals surface area contributed by atoms with Crippen LogP contribution < -0.4 is 4.90 Å². The van der Waals surface area contributed by atoms with Crippen molar-refractivity contribution < 1.29 is 17.7 Å². The number of aryl methyl sites for hydroxylation is 2. The third kappa shape index (κ3) is 3.29. The van der Waals surface area contributed by atoms with Crippen LogP contribution in [0.25, 0.3) is 0 Å². The number of carbonyl (C=O) groups is 1. The Bertz CT molecular complexity index is 820.